The van der Waals surface area contributed by atoms with Gasteiger partial charge in [-0.1, -0.05) is 18.2 Å². The van der Waals surface area contributed by atoms with Gasteiger partial charge in [-0.05, 0) is 25.0 Å². The number of piperidine rings is 1. The molecule has 2 aromatic rings. The number of para-hydroxylation sites is 1. The molecule has 1 aliphatic heterocycles. The number of amides is 1. The number of hydrogen-bond acceptors (Lipinski definition) is 4. The number of nitrogens with one attached hydrogen (secondary N) is 2. The number of hydrogen-bond donors (Lipinski definition) is 2. The van der Waals surface area contributed by atoms with Gasteiger partial charge in [0.2, 0.25) is 5.91 Å². The Labute approximate surface area is 116 Å². The number of rotatable bonds is 2. The van der Waals surface area contributed by atoms with Gasteiger partial charge >= 0.3 is 0 Å². The first-order valence-corrected chi connectivity index (χ1v) is 6.62. The second-order valence-electron chi connectivity index (χ2n) is 4.81. The predicted molar refractivity (Wildman–Crippen MR) is 76.1 cm³/mol. The number of carbonyl (C=O) groups is 1. The van der Waals surface area contributed by atoms with Gasteiger partial charge in [-0.3, -0.25) is 4.79 Å². The minimum absolute atomic E-state index is 0.00952. The summed E-state index contributed by atoms with van der Waals surface area (Å²) >= 11 is 0. The van der Waals surface area contributed by atoms with E-state index in [0.29, 0.717) is 11.4 Å². The van der Waals surface area contributed by atoms with E-state index in [-0.39, 0.29) is 11.9 Å². The van der Waals surface area contributed by atoms with E-state index in [0.717, 1.165) is 30.3 Å². The highest BCUT2D eigenvalue weighted by atomic mass is 16.2. The van der Waals surface area contributed by atoms with E-state index in [9.17, 15) is 10.1 Å². The molecule has 1 fully saturated rings. The molecule has 5 nitrogen and oxygen atoms in total. The van der Waals surface area contributed by atoms with Crippen molar-refractivity contribution >= 4 is 22.6 Å². The summed E-state index contributed by atoms with van der Waals surface area (Å²) in [5.74, 6) is 0.562. The van der Waals surface area contributed by atoms with E-state index in [4.69, 9.17) is 0 Å². The van der Waals surface area contributed by atoms with Gasteiger partial charge in [-0.15, -0.1) is 0 Å². The van der Waals surface area contributed by atoms with E-state index in [1.54, 1.807) is 6.07 Å². The number of pyridine rings is 1. The van der Waals surface area contributed by atoms with Crippen molar-refractivity contribution < 1.29 is 4.79 Å². The molecule has 3 rings (SSSR count). The summed E-state index contributed by atoms with van der Waals surface area (Å²) in [4.78, 5) is 16.2. The van der Waals surface area contributed by atoms with Crippen molar-refractivity contribution in [2.75, 3.05) is 11.9 Å². The average Bonchev–Trinajstić information content (AvgIpc) is 2.49. The smallest absolute Gasteiger partial charge is 0.242 e. The quantitative estimate of drug-likeness (QED) is 0.868. The molecule has 1 aliphatic rings. The van der Waals surface area contributed by atoms with Gasteiger partial charge < -0.3 is 10.6 Å². The van der Waals surface area contributed by atoms with Gasteiger partial charge in [-0.2, -0.15) is 5.26 Å². The first kappa shape index (κ1) is 12.4. The van der Waals surface area contributed by atoms with Crippen molar-refractivity contribution in [3.05, 3.63) is 35.9 Å². The van der Waals surface area contributed by atoms with Crippen molar-refractivity contribution in [1.29, 1.82) is 5.26 Å². The van der Waals surface area contributed by atoms with Crippen LogP contribution in [0.25, 0.3) is 10.9 Å². The molecule has 100 valence electrons. The van der Waals surface area contributed by atoms with Crippen LogP contribution >= 0.6 is 0 Å². The minimum Gasteiger partial charge on any atom is -0.358 e. The molecule has 0 saturated carbocycles. The van der Waals surface area contributed by atoms with E-state index >= 15 is 0 Å². The second-order valence-corrected chi connectivity index (χ2v) is 4.81. The first-order chi connectivity index (χ1) is 9.78. The summed E-state index contributed by atoms with van der Waals surface area (Å²) in [7, 11) is 0. The molecular weight excluding hydrogens is 252 g/mol. The van der Waals surface area contributed by atoms with Crippen LogP contribution in [0.5, 0.6) is 0 Å². The Morgan fingerprint density at radius 2 is 2.25 bits per heavy atom. The summed E-state index contributed by atoms with van der Waals surface area (Å²) in [5, 5.41) is 16.0. The molecule has 2 heterocycles. The lowest BCUT2D eigenvalue weighted by Crippen LogP contribution is -2.44. The molecule has 2 N–H and O–H groups in total. The van der Waals surface area contributed by atoms with Crippen LogP contribution < -0.4 is 10.6 Å². The first-order valence-electron chi connectivity index (χ1n) is 6.62. The van der Waals surface area contributed by atoms with Gasteiger partial charge in [-0.25, -0.2) is 4.98 Å². The van der Waals surface area contributed by atoms with Crippen molar-refractivity contribution in [2.24, 2.45) is 0 Å². The number of anilines is 1. The maximum atomic E-state index is 11.8. The molecule has 1 atom stereocenters. The van der Waals surface area contributed by atoms with E-state index in [2.05, 4.69) is 21.7 Å². The van der Waals surface area contributed by atoms with Gasteiger partial charge in [0.05, 0.1) is 17.1 Å². The zero-order chi connectivity index (χ0) is 13.9. The third-order valence-electron chi connectivity index (χ3n) is 3.44. The standard InChI is InChI=1S/C15H14N4O/c16-9-10-8-14(18-12-5-2-1-4-11(10)12)19-13-6-3-7-17-15(13)20/h1-2,4-5,8,13H,3,6-7H2,(H,17,20)(H,18,19). The van der Waals surface area contributed by atoms with Crippen molar-refractivity contribution in [2.45, 2.75) is 18.9 Å². The lowest BCUT2D eigenvalue weighted by molar-refractivity contribution is -0.123. The molecule has 0 radical (unpaired) electrons. The normalized spacial score (nSPS) is 18.4. The fourth-order valence-corrected chi connectivity index (χ4v) is 2.43. The summed E-state index contributed by atoms with van der Waals surface area (Å²) in [6, 6.07) is 11.1. The topological polar surface area (TPSA) is 77.8 Å². The molecule has 1 amide bonds. The fourth-order valence-electron chi connectivity index (χ4n) is 2.43. The largest absolute Gasteiger partial charge is 0.358 e. The Balaban J connectivity index is 1.96. The minimum atomic E-state index is -0.274. The fraction of sp³-hybridized carbons (Fsp3) is 0.267. The molecule has 20 heavy (non-hydrogen) atoms. The number of benzene rings is 1. The van der Waals surface area contributed by atoms with E-state index < -0.39 is 0 Å². The van der Waals surface area contributed by atoms with Crippen LogP contribution in [0.4, 0.5) is 5.82 Å². The summed E-state index contributed by atoms with van der Waals surface area (Å²) < 4.78 is 0. The lowest BCUT2D eigenvalue weighted by atomic mass is 10.1. The Bertz CT molecular complexity index is 705. The highest BCUT2D eigenvalue weighted by Gasteiger charge is 2.22. The third-order valence-corrected chi connectivity index (χ3v) is 3.44. The highest BCUT2D eigenvalue weighted by Crippen LogP contribution is 2.21. The lowest BCUT2D eigenvalue weighted by Gasteiger charge is -2.23. The molecule has 0 bridgehead atoms. The predicted octanol–water partition coefficient (Wildman–Crippen LogP) is 1.80. The number of nitrogens with zero attached hydrogens (tertiary/aromatic N) is 2. The third kappa shape index (κ3) is 2.28. The van der Waals surface area contributed by atoms with Crippen LogP contribution in [-0.4, -0.2) is 23.5 Å². The van der Waals surface area contributed by atoms with Crippen LogP contribution in [0.2, 0.25) is 0 Å². The van der Waals surface area contributed by atoms with Crippen molar-refractivity contribution in [3.63, 3.8) is 0 Å². The summed E-state index contributed by atoms with van der Waals surface area (Å²) in [6.45, 7) is 0.728. The zero-order valence-electron chi connectivity index (χ0n) is 10.9. The molecule has 1 saturated heterocycles. The van der Waals surface area contributed by atoms with E-state index in [1.165, 1.54) is 0 Å². The SMILES string of the molecule is N#Cc1cc(NC2CCCNC2=O)nc2ccccc12. The van der Waals surface area contributed by atoms with Crippen LogP contribution in [-0.2, 0) is 4.79 Å². The van der Waals surface area contributed by atoms with Crippen molar-refractivity contribution in [3.8, 4) is 6.07 Å². The summed E-state index contributed by atoms with van der Waals surface area (Å²) in [5.41, 5.74) is 1.32. The maximum absolute atomic E-state index is 11.8. The van der Waals surface area contributed by atoms with Crippen molar-refractivity contribution in [1.82, 2.24) is 10.3 Å². The second kappa shape index (κ2) is 5.17. The van der Waals surface area contributed by atoms with Gasteiger partial charge in [0.15, 0.2) is 0 Å². The van der Waals surface area contributed by atoms with Gasteiger partial charge in [0.25, 0.3) is 0 Å². The molecule has 0 spiro atoms. The van der Waals surface area contributed by atoms with Crippen LogP contribution in [0.15, 0.2) is 30.3 Å². The Kier molecular flexibility index (Phi) is 3.21. The Morgan fingerprint density at radius 3 is 3.05 bits per heavy atom. The molecular formula is C15H14N4O. The molecule has 1 aromatic heterocycles. The Hall–Kier alpha value is -2.61. The average molecular weight is 266 g/mol. The van der Waals surface area contributed by atoms with Crippen LogP contribution in [0.3, 0.4) is 0 Å². The molecule has 0 aliphatic carbocycles. The van der Waals surface area contributed by atoms with Crippen LogP contribution in [0.1, 0.15) is 18.4 Å². The zero-order valence-corrected chi connectivity index (χ0v) is 10.9. The number of fused-ring (bicyclic) bond motifs is 1. The number of carbonyl (C=O) groups excluding carboxylic acids is 1. The van der Waals surface area contributed by atoms with E-state index in [1.807, 2.05) is 24.3 Å². The molecule has 1 aromatic carbocycles. The summed E-state index contributed by atoms with van der Waals surface area (Å²) in [6.07, 6.45) is 1.73. The monoisotopic (exact) mass is 266 g/mol. The highest BCUT2D eigenvalue weighted by molar-refractivity contribution is 5.88. The van der Waals surface area contributed by atoms with Gasteiger partial charge in [0, 0.05) is 11.9 Å². The number of nitriles is 1. The number of aromatic nitrogens is 1. The molecule has 5 heteroatoms. The van der Waals surface area contributed by atoms with Crippen LogP contribution in [0, 0.1) is 11.3 Å². The Morgan fingerprint density at radius 1 is 1.40 bits per heavy atom. The maximum Gasteiger partial charge on any atom is 0.242 e. The van der Waals surface area contributed by atoms with Gasteiger partial charge in [0.1, 0.15) is 11.9 Å². The molecule has 1 unspecified atom stereocenters.